The van der Waals surface area contributed by atoms with E-state index in [9.17, 15) is 22.8 Å². The van der Waals surface area contributed by atoms with Gasteiger partial charge in [0.2, 0.25) is 0 Å². The molecule has 1 aromatic rings. The molecule has 118 valence electrons. The molecule has 1 aromatic carbocycles. The van der Waals surface area contributed by atoms with E-state index in [1.807, 2.05) is 0 Å². The van der Waals surface area contributed by atoms with Gasteiger partial charge in [0.15, 0.2) is 6.04 Å². The lowest BCUT2D eigenvalue weighted by Gasteiger charge is -2.19. The van der Waals surface area contributed by atoms with Crippen LogP contribution >= 0.6 is 0 Å². The Kier molecular flexibility index (Phi) is 4.48. The fraction of sp³-hybridized carbons (Fsp3) is 0.357. The van der Waals surface area contributed by atoms with Gasteiger partial charge in [-0.1, -0.05) is 30.3 Å². The molecule has 0 fully saturated rings. The summed E-state index contributed by atoms with van der Waals surface area (Å²) in [5.74, 6) is -3.97. The molecule has 1 aliphatic rings. The van der Waals surface area contributed by atoms with Gasteiger partial charge in [0.25, 0.3) is 5.78 Å². The maximum Gasteiger partial charge on any atom is 0.456 e. The second-order valence-corrected chi connectivity index (χ2v) is 4.57. The maximum atomic E-state index is 12.7. The maximum absolute atomic E-state index is 12.7. The van der Waals surface area contributed by atoms with Crippen LogP contribution in [0, 0.1) is 0 Å². The van der Waals surface area contributed by atoms with E-state index in [0.717, 1.165) is 0 Å². The summed E-state index contributed by atoms with van der Waals surface area (Å²) >= 11 is 0. The first-order valence-electron chi connectivity index (χ1n) is 6.52. The summed E-state index contributed by atoms with van der Waals surface area (Å²) in [6.07, 6.45) is -5.06. The third-order valence-electron chi connectivity index (χ3n) is 3.14. The molecule has 0 bridgehead atoms. The van der Waals surface area contributed by atoms with E-state index in [0.29, 0.717) is 5.56 Å². The third kappa shape index (κ3) is 3.10. The Morgan fingerprint density at radius 2 is 1.91 bits per heavy atom. The van der Waals surface area contributed by atoms with E-state index in [1.165, 1.54) is 12.1 Å². The highest BCUT2D eigenvalue weighted by Crippen LogP contribution is 2.30. The van der Waals surface area contributed by atoms with Gasteiger partial charge in [-0.25, -0.2) is 4.79 Å². The van der Waals surface area contributed by atoms with Gasteiger partial charge >= 0.3 is 12.1 Å². The SMILES string of the molecule is CCOC(=O)[C@H]1NN=C(C(=O)C(F)(F)F)[C@H]1c1ccccc1. The second-order valence-electron chi connectivity index (χ2n) is 4.57. The van der Waals surface area contributed by atoms with Crippen molar-refractivity contribution < 1.29 is 27.5 Å². The number of esters is 1. The van der Waals surface area contributed by atoms with Gasteiger partial charge in [0, 0.05) is 0 Å². The molecule has 0 saturated carbocycles. The highest BCUT2D eigenvalue weighted by molar-refractivity contribution is 6.44. The summed E-state index contributed by atoms with van der Waals surface area (Å²) in [6, 6.07) is 6.78. The van der Waals surface area contributed by atoms with Crippen LogP contribution in [0.3, 0.4) is 0 Å². The number of benzene rings is 1. The molecule has 8 heteroatoms. The van der Waals surface area contributed by atoms with Crippen molar-refractivity contribution in [3.8, 4) is 0 Å². The summed E-state index contributed by atoms with van der Waals surface area (Å²) in [5, 5.41) is 3.44. The zero-order valence-corrected chi connectivity index (χ0v) is 11.6. The molecule has 1 aliphatic heterocycles. The minimum Gasteiger partial charge on any atom is -0.464 e. The van der Waals surface area contributed by atoms with Crippen LogP contribution in [0.2, 0.25) is 0 Å². The highest BCUT2D eigenvalue weighted by atomic mass is 19.4. The summed E-state index contributed by atoms with van der Waals surface area (Å²) in [4.78, 5) is 23.4. The number of alkyl halides is 3. The monoisotopic (exact) mass is 314 g/mol. The standard InChI is InChI=1S/C14H13F3N2O3/c1-2-22-13(21)11-9(8-6-4-3-5-7-8)10(18-19-11)12(20)14(15,16)17/h3-7,9,11,19H,2H2,1H3/t9-,11+/m1/s1. The Hall–Kier alpha value is -2.38. The molecule has 0 spiro atoms. The van der Waals surface area contributed by atoms with Crippen LogP contribution in [0.1, 0.15) is 18.4 Å². The summed E-state index contributed by atoms with van der Waals surface area (Å²) < 4.78 is 42.9. The van der Waals surface area contributed by atoms with Crippen molar-refractivity contribution in [2.75, 3.05) is 6.61 Å². The van der Waals surface area contributed by atoms with E-state index in [2.05, 4.69) is 10.5 Å². The predicted octanol–water partition coefficient (Wildman–Crippen LogP) is 1.79. The molecule has 1 heterocycles. The average molecular weight is 314 g/mol. The van der Waals surface area contributed by atoms with E-state index in [4.69, 9.17) is 4.74 Å². The van der Waals surface area contributed by atoms with Crippen molar-refractivity contribution in [3.05, 3.63) is 35.9 Å². The molecule has 0 radical (unpaired) electrons. The molecule has 5 nitrogen and oxygen atoms in total. The molecular weight excluding hydrogens is 301 g/mol. The Balaban J connectivity index is 2.39. The van der Waals surface area contributed by atoms with E-state index in [-0.39, 0.29) is 6.61 Å². The Labute approximate surface area is 124 Å². The van der Waals surface area contributed by atoms with Gasteiger partial charge in [-0.15, -0.1) is 0 Å². The number of hydrogen-bond donors (Lipinski definition) is 1. The summed E-state index contributed by atoms with van der Waals surface area (Å²) in [5.41, 5.74) is 1.92. The van der Waals surface area contributed by atoms with Crippen molar-refractivity contribution in [2.45, 2.75) is 25.1 Å². The van der Waals surface area contributed by atoms with Gasteiger partial charge in [-0.2, -0.15) is 18.3 Å². The minimum absolute atomic E-state index is 0.0705. The number of ether oxygens (including phenoxy) is 1. The lowest BCUT2D eigenvalue weighted by Crippen LogP contribution is -2.41. The van der Waals surface area contributed by atoms with Gasteiger partial charge in [0.1, 0.15) is 5.71 Å². The number of Topliss-reactive ketones (excluding diaryl/α,β-unsaturated/α-hetero) is 1. The number of carbonyl (C=O) groups is 2. The number of nitrogens with one attached hydrogen (secondary N) is 1. The molecule has 1 N–H and O–H groups in total. The fourth-order valence-corrected chi connectivity index (χ4v) is 2.21. The Morgan fingerprint density at radius 3 is 2.45 bits per heavy atom. The van der Waals surface area contributed by atoms with Crippen LogP contribution < -0.4 is 5.43 Å². The Bertz CT molecular complexity index is 599. The smallest absolute Gasteiger partial charge is 0.456 e. The zero-order chi connectivity index (χ0) is 16.3. The molecule has 0 saturated heterocycles. The predicted molar refractivity (Wildman–Crippen MR) is 71.2 cm³/mol. The minimum atomic E-state index is -5.06. The molecule has 0 amide bonds. The lowest BCUT2D eigenvalue weighted by molar-refractivity contribution is -0.163. The van der Waals surface area contributed by atoms with Gasteiger partial charge in [0.05, 0.1) is 12.5 Å². The van der Waals surface area contributed by atoms with E-state index < -0.39 is 35.6 Å². The fourth-order valence-electron chi connectivity index (χ4n) is 2.21. The van der Waals surface area contributed by atoms with Crippen molar-refractivity contribution in [1.82, 2.24) is 5.43 Å². The number of ketones is 1. The van der Waals surface area contributed by atoms with Gasteiger partial charge < -0.3 is 4.74 Å². The largest absolute Gasteiger partial charge is 0.464 e. The first-order valence-corrected chi connectivity index (χ1v) is 6.52. The second kappa shape index (κ2) is 6.17. The van der Waals surface area contributed by atoms with Crippen molar-refractivity contribution in [1.29, 1.82) is 0 Å². The number of hydrazone groups is 1. The van der Waals surface area contributed by atoms with Crippen LogP contribution in [-0.4, -0.2) is 36.3 Å². The third-order valence-corrected chi connectivity index (χ3v) is 3.14. The van der Waals surface area contributed by atoms with Gasteiger partial charge in [-0.3, -0.25) is 10.2 Å². The molecule has 0 unspecified atom stereocenters. The van der Waals surface area contributed by atoms with Crippen molar-refractivity contribution >= 4 is 17.5 Å². The number of rotatable bonds is 4. The first kappa shape index (κ1) is 16.0. The molecule has 0 aliphatic carbocycles. The topological polar surface area (TPSA) is 67.8 Å². The first-order chi connectivity index (χ1) is 10.4. The lowest BCUT2D eigenvalue weighted by atomic mass is 9.86. The number of halogens is 3. The Morgan fingerprint density at radius 1 is 1.27 bits per heavy atom. The van der Waals surface area contributed by atoms with Crippen molar-refractivity contribution in [3.63, 3.8) is 0 Å². The van der Waals surface area contributed by atoms with Crippen LogP contribution in [0.15, 0.2) is 35.4 Å². The average Bonchev–Trinajstić information content (AvgIpc) is 2.91. The molecule has 0 aromatic heterocycles. The van der Waals surface area contributed by atoms with Crippen LogP contribution in [0.25, 0.3) is 0 Å². The molecular formula is C14H13F3N2O3. The van der Waals surface area contributed by atoms with Crippen molar-refractivity contribution in [2.24, 2.45) is 5.10 Å². The number of hydrogen-bond acceptors (Lipinski definition) is 5. The van der Waals surface area contributed by atoms with Crippen LogP contribution in [0.4, 0.5) is 13.2 Å². The van der Waals surface area contributed by atoms with E-state index in [1.54, 1.807) is 25.1 Å². The number of carbonyl (C=O) groups excluding carboxylic acids is 2. The molecule has 2 rings (SSSR count). The summed E-state index contributed by atoms with van der Waals surface area (Å²) in [6.45, 7) is 1.65. The van der Waals surface area contributed by atoms with Crippen LogP contribution in [-0.2, 0) is 14.3 Å². The van der Waals surface area contributed by atoms with Gasteiger partial charge in [-0.05, 0) is 12.5 Å². The zero-order valence-electron chi connectivity index (χ0n) is 11.6. The highest BCUT2D eigenvalue weighted by Gasteiger charge is 2.50. The molecule has 22 heavy (non-hydrogen) atoms. The molecule has 2 atom stereocenters. The van der Waals surface area contributed by atoms with Crippen LogP contribution in [0.5, 0.6) is 0 Å². The normalized spacial score (nSPS) is 21.0. The number of nitrogens with zero attached hydrogens (tertiary/aromatic N) is 1. The van der Waals surface area contributed by atoms with E-state index >= 15 is 0 Å². The quantitative estimate of drug-likeness (QED) is 0.861. The summed E-state index contributed by atoms with van der Waals surface area (Å²) in [7, 11) is 0.